The molecule has 4 aliphatic rings. The fourth-order valence-electron chi connectivity index (χ4n) is 9.13. The van der Waals surface area contributed by atoms with Crippen LogP contribution in [0, 0.1) is 23.7 Å². The Morgan fingerprint density at radius 1 is 0.696 bits per heavy atom. The highest BCUT2D eigenvalue weighted by Crippen LogP contribution is 2.38. The van der Waals surface area contributed by atoms with Crippen LogP contribution in [0.25, 0.3) is 22.3 Å². The van der Waals surface area contributed by atoms with E-state index >= 15 is 0 Å². The van der Waals surface area contributed by atoms with Crippen LogP contribution in [0.15, 0.2) is 48.7 Å². The molecule has 0 radical (unpaired) electrons. The van der Waals surface area contributed by atoms with Crippen molar-refractivity contribution in [2.75, 3.05) is 27.3 Å². The van der Waals surface area contributed by atoms with E-state index in [-0.39, 0.29) is 47.8 Å². The summed E-state index contributed by atoms with van der Waals surface area (Å²) in [7, 11) is 2.68. The first-order valence-corrected chi connectivity index (χ1v) is 19.8. The van der Waals surface area contributed by atoms with Crippen LogP contribution in [0.5, 0.6) is 0 Å². The lowest BCUT2D eigenvalue weighted by Gasteiger charge is -2.29. The quantitative estimate of drug-likeness (QED) is 0.173. The molecular formula is C42H48N8O6. The zero-order valence-corrected chi connectivity index (χ0v) is 31.8. The van der Waals surface area contributed by atoms with Crippen molar-refractivity contribution in [3.05, 3.63) is 71.4 Å². The summed E-state index contributed by atoms with van der Waals surface area (Å²) in [6.45, 7) is 1.33. The first kappa shape index (κ1) is 37.1. The van der Waals surface area contributed by atoms with Crippen molar-refractivity contribution < 1.29 is 28.7 Å². The number of likely N-dealkylation sites (tertiary alicyclic amines) is 2. The fraction of sp³-hybridized carbons (Fsp3) is 0.476. The number of nitrogens with zero attached hydrogens (tertiary/aromatic N) is 4. The Morgan fingerprint density at radius 3 is 1.88 bits per heavy atom. The Hall–Kier alpha value is -5.84. The maximum Gasteiger partial charge on any atom is 0.407 e. The number of hydrogen-bond donors (Lipinski definition) is 4. The van der Waals surface area contributed by atoms with Gasteiger partial charge in [-0.05, 0) is 87.3 Å². The Kier molecular flexibility index (Phi) is 10.7. The van der Waals surface area contributed by atoms with Crippen LogP contribution >= 0.6 is 0 Å². The molecule has 8 rings (SSSR count). The molecule has 4 fully saturated rings. The summed E-state index contributed by atoms with van der Waals surface area (Å²) in [5.41, 5.74) is 5.24. The third kappa shape index (κ3) is 7.54. The molecule has 2 saturated carbocycles. The van der Waals surface area contributed by atoms with E-state index in [1.54, 1.807) is 0 Å². The van der Waals surface area contributed by atoms with Crippen LogP contribution in [0.2, 0.25) is 0 Å². The normalized spacial score (nSPS) is 24.5. The number of nitrogens with one attached hydrogen (secondary N) is 4. The molecule has 2 aromatic carbocycles. The molecule has 6 unspecified atom stereocenters. The van der Waals surface area contributed by atoms with Gasteiger partial charge in [0.05, 0.1) is 61.1 Å². The van der Waals surface area contributed by atoms with E-state index in [0.29, 0.717) is 13.1 Å². The summed E-state index contributed by atoms with van der Waals surface area (Å²) in [6, 6.07) is 13.2. The van der Waals surface area contributed by atoms with Gasteiger partial charge in [0.25, 0.3) is 0 Å². The second-order valence-electron chi connectivity index (χ2n) is 15.3. The number of ether oxygens (including phenoxy) is 2. The molecule has 56 heavy (non-hydrogen) atoms. The molecule has 2 aromatic heterocycles. The van der Waals surface area contributed by atoms with Gasteiger partial charge in [0.15, 0.2) is 0 Å². The summed E-state index contributed by atoms with van der Waals surface area (Å²) < 4.78 is 9.57. The first-order chi connectivity index (χ1) is 27.3. The second kappa shape index (κ2) is 16.1. The zero-order chi connectivity index (χ0) is 38.8. The van der Waals surface area contributed by atoms with Crippen LogP contribution in [-0.2, 0) is 19.1 Å². The minimum atomic E-state index is -0.501. The largest absolute Gasteiger partial charge is 0.453 e. The first-order valence-electron chi connectivity index (χ1n) is 19.8. The van der Waals surface area contributed by atoms with Gasteiger partial charge >= 0.3 is 12.2 Å². The number of aromatic amines is 2. The van der Waals surface area contributed by atoms with E-state index in [1.807, 2.05) is 58.5 Å². The number of imidazole rings is 2. The maximum absolute atomic E-state index is 13.7. The molecule has 4 N–H and O–H groups in total. The number of benzene rings is 2. The van der Waals surface area contributed by atoms with Gasteiger partial charge in [-0.25, -0.2) is 19.6 Å². The van der Waals surface area contributed by atoms with Gasteiger partial charge in [0.1, 0.15) is 11.6 Å². The number of methoxy groups -OCH3 is 2. The average Bonchev–Trinajstić information content (AvgIpc) is 4.07. The van der Waals surface area contributed by atoms with Crippen LogP contribution in [0.1, 0.15) is 99.1 Å². The SMILES string of the molecule is COC(=O)NC1CCCC1C(=O)N1CCCC1c1ncc(-c2ccc(C#Cc3ccc4nc(C5CCCN5C(=O)C5CCCC5NC(=O)OC)[nH]c4c3)cc2)[nH]1. The topological polar surface area (TPSA) is 175 Å². The molecule has 4 heterocycles. The van der Waals surface area contributed by atoms with Gasteiger partial charge in [-0.1, -0.05) is 36.8 Å². The third-order valence-electron chi connectivity index (χ3n) is 12.0. The van der Waals surface area contributed by atoms with Crippen molar-refractivity contribution in [1.82, 2.24) is 40.4 Å². The number of amides is 4. The second-order valence-corrected chi connectivity index (χ2v) is 15.3. The summed E-state index contributed by atoms with van der Waals surface area (Å²) in [5, 5.41) is 5.71. The summed E-state index contributed by atoms with van der Waals surface area (Å²) >= 11 is 0. The summed E-state index contributed by atoms with van der Waals surface area (Å²) in [5.74, 6) is 7.71. The van der Waals surface area contributed by atoms with E-state index in [2.05, 4.69) is 32.4 Å². The van der Waals surface area contributed by atoms with E-state index in [1.165, 1.54) is 14.2 Å². The zero-order valence-electron chi connectivity index (χ0n) is 31.8. The van der Waals surface area contributed by atoms with Gasteiger partial charge in [-0.2, -0.15) is 0 Å². The Balaban J connectivity index is 0.910. The Labute approximate surface area is 325 Å². The van der Waals surface area contributed by atoms with Crippen molar-refractivity contribution in [1.29, 1.82) is 0 Å². The lowest BCUT2D eigenvalue weighted by molar-refractivity contribution is -0.137. The average molecular weight is 761 g/mol. The molecule has 0 bridgehead atoms. The fourth-order valence-corrected chi connectivity index (χ4v) is 9.13. The van der Waals surface area contributed by atoms with Gasteiger partial charge in [0, 0.05) is 36.3 Å². The highest BCUT2D eigenvalue weighted by Gasteiger charge is 2.42. The van der Waals surface area contributed by atoms with Crippen molar-refractivity contribution in [3.63, 3.8) is 0 Å². The monoisotopic (exact) mass is 760 g/mol. The van der Waals surface area contributed by atoms with Crippen molar-refractivity contribution in [2.24, 2.45) is 11.8 Å². The molecule has 14 nitrogen and oxygen atoms in total. The maximum atomic E-state index is 13.7. The molecule has 292 valence electrons. The van der Waals surface area contributed by atoms with E-state index in [9.17, 15) is 19.2 Å². The highest BCUT2D eigenvalue weighted by atomic mass is 16.5. The number of fused-ring (bicyclic) bond motifs is 1. The highest BCUT2D eigenvalue weighted by molar-refractivity contribution is 5.83. The molecule has 0 spiro atoms. The molecule has 6 atom stereocenters. The lowest BCUT2D eigenvalue weighted by atomic mass is 10.0. The summed E-state index contributed by atoms with van der Waals surface area (Å²) in [6.07, 6.45) is 9.07. The van der Waals surface area contributed by atoms with Gasteiger partial charge in [-0.3, -0.25) is 9.59 Å². The van der Waals surface area contributed by atoms with Crippen LogP contribution in [0.3, 0.4) is 0 Å². The van der Waals surface area contributed by atoms with E-state index in [0.717, 1.165) is 109 Å². The van der Waals surface area contributed by atoms with E-state index in [4.69, 9.17) is 19.4 Å². The number of rotatable bonds is 7. The minimum absolute atomic E-state index is 0.0645. The lowest BCUT2D eigenvalue weighted by Crippen LogP contribution is -2.45. The number of carbonyl (C=O) groups excluding carboxylic acids is 4. The number of alkyl carbamates (subject to hydrolysis) is 2. The van der Waals surface area contributed by atoms with Crippen molar-refractivity contribution in [2.45, 2.75) is 88.4 Å². The van der Waals surface area contributed by atoms with Crippen molar-refractivity contribution in [3.8, 4) is 23.1 Å². The van der Waals surface area contributed by atoms with Gasteiger partial charge in [0.2, 0.25) is 11.8 Å². The number of H-pyrrole nitrogens is 2. The minimum Gasteiger partial charge on any atom is -0.453 e. The predicted molar refractivity (Wildman–Crippen MR) is 207 cm³/mol. The molecule has 4 aromatic rings. The Bertz CT molecular complexity index is 2170. The van der Waals surface area contributed by atoms with Crippen LogP contribution in [0.4, 0.5) is 9.59 Å². The van der Waals surface area contributed by atoms with Crippen LogP contribution < -0.4 is 10.6 Å². The van der Waals surface area contributed by atoms with Crippen molar-refractivity contribution >= 4 is 35.0 Å². The number of carbonyl (C=O) groups is 4. The number of aromatic nitrogens is 4. The van der Waals surface area contributed by atoms with Gasteiger partial charge in [-0.15, -0.1) is 0 Å². The third-order valence-corrected chi connectivity index (χ3v) is 12.0. The molecule has 4 amide bonds. The summed E-state index contributed by atoms with van der Waals surface area (Å²) in [4.78, 5) is 71.5. The molecule has 2 saturated heterocycles. The van der Waals surface area contributed by atoms with E-state index < -0.39 is 12.2 Å². The van der Waals surface area contributed by atoms with Gasteiger partial charge < -0.3 is 39.9 Å². The molecule has 2 aliphatic carbocycles. The number of hydrogen-bond acceptors (Lipinski definition) is 8. The standard InChI is InChI=1S/C42H48N8O6/c1-55-41(53)47-30-9-3-7-28(30)39(51)49-21-5-11-35(49)37-43-24-34(46-37)27-18-15-25(16-19-27)13-14-26-17-20-32-33(23-26)45-38(44-32)36-12-6-22-50(36)40(52)29-8-4-10-31(29)48-42(54)56-2/h15-20,23-24,28-31,35-36H,3-12,21-22H2,1-2H3,(H,43,46)(H,44,45)(H,47,53)(H,48,54). The predicted octanol–water partition coefficient (Wildman–Crippen LogP) is 5.73. The molecule has 2 aliphatic heterocycles. The van der Waals surface area contributed by atoms with Crippen LogP contribution in [-0.4, -0.2) is 93.1 Å². The molecular weight excluding hydrogens is 713 g/mol. The molecule has 14 heteroatoms. The smallest absolute Gasteiger partial charge is 0.407 e. The Morgan fingerprint density at radius 2 is 1.27 bits per heavy atom.